The van der Waals surface area contributed by atoms with Gasteiger partial charge >= 0.3 is 0 Å². The molecular weight excluding hydrogens is 259 g/mol. The fraction of sp³-hybridized carbons (Fsp3) is 0.250. The summed E-state index contributed by atoms with van der Waals surface area (Å²) in [5, 5.41) is 0.875. The summed E-state index contributed by atoms with van der Waals surface area (Å²) in [5.74, 6) is -0.183. The van der Waals surface area contributed by atoms with Crippen LogP contribution in [0.3, 0.4) is 0 Å². The summed E-state index contributed by atoms with van der Waals surface area (Å²) < 4.78 is 0. The topological polar surface area (TPSA) is 23.6 Å². The summed E-state index contributed by atoms with van der Waals surface area (Å²) >= 11 is 11.9. The molecule has 0 fully saturated rings. The van der Waals surface area contributed by atoms with Crippen LogP contribution in [0.25, 0.3) is 0 Å². The highest BCUT2D eigenvalue weighted by Gasteiger charge is 2.31. The molecule has 0 saturated heterocycles. The maximum absolute atomic E-state index is 12.0. The molecule has 1 heterocycles. The number of likely N-dealkylation sites (N-methyl/N-ethyl adjacent to an activating group) is 1. The molecule has 5 heteroatoms. The fourth-order valence-electron chi connectivity index (χ4n) is 1.72. The first-order valence-corrected chi connectivity index (χ1v) is 5.89. The summed E-state index contributed by atoms with van der Waals surface area (Å²) in [6.07, 6.45) is 0. The van der Waals surface area contributed by atoms with Crippen molar-refractivity contribution >= 4 is 34.8 Å². The lowest BCUT2D eigenvalue weighted by atomic mass is 10.3. The van der Waals surface area contributed by atoms with E-state index in [0.717, 1.165) is 11.4 Å². The van der Waals surface area contributed by atoms with E-state index in [2.05, 4.69) is 0 Å². The van der Waals surface area contributed by atoms with Crippen LogP contribution in [0, 0.1) is 0 Å². The molecule has 90 valence electrons. The molecule has 0 N–H and O–H groups in total. The second-order valence-electron chi connectivity index (χ2n) is 4.03. The van der Waals surface area contributed by atoms with E-state index in [1.807, 2.05) is 31.1 Å². The Bertz CT molecular complexity index is 497. The van der Waals surface area contributed by atoms with E-state index in [4.69, 9.17) is 23.2 Å². The normalized spacial score (nSPS) is 15.8. The number of rotatable bonds is 2. The Labute approximate surface area is 110 Å². The lowest BCUT2D eigenvalue weighted by molar-refractivity contribution is -0.114. The van der Waals surface area contributed by atoms with Crippen molar-refractivity contribution in [3.8, 4) is 0 Å². The van der Waals surface area contributed by atoms with Gasteiger partial charge < -0.3 is 9.80 Å². The minimum Gasteiger partial charge on any atom is -0.378 e. The van der Waals surface area contributed by atoms with Crippen LogP contribution < -0.4 is 4.90 Å². The van der Waals surface area contributed by atoms with Crippen molar-refractivity contribution in [1.82, 2.24) is 4.90 Å². The summed E-state index contributed by atoms with van der Waals surface area (Å²) in [7, 11) is 3.74. The second kappa shape index (κ2) is 4.59. The predicted molar refractivity (Wildman–Crippen MR) is 70.4 cm³/mol. The quantitative estimate of drug-likeness (QED) is 0.825. The number of hydrogen-bond acceptors (Lipinski definition) is 2. The number of carbonyl (C=O) groups is 1. The molecule has 0 bridgehead atoms. The smallest absolute Gasteiger partial charge is 0.271 e. The van der Waals surface area contributed by atoms with Crippen LogP contribution in [0.15, 0.2) is 35.0 Å². The number of halogens is 2. The Morgan fingerprint density at radius 1 is 1.29 bits per heavy atom. The summed E-state index contributed by atoms with van der Waals surface area (Å²) in [6.45, 7) is 0.477. The SMILES string of the molecule is CN(C)C1=C(Cl)C(=O)N(c2cccc(Cl)c2)C1. The molecule has 1 aromatic rings. The van der Waals surface area contributed by atoms with Gasteiger partial charge in [-0.05, 0) is 18.2 Å². The standard InChI is InChI=1S/C12H12Cl2N2O/c1-15(2)10-7-16(12(17)11(10)14)9-5-3-4-8(13)6-9/h3-6H,7H2,1-2H3. The highest BCUT2D eigenvalue weighted by Crippen LogP contribution is 2.29. The Morgan fingerprint density at radius 3 is 2.53 bits per heavy atom. The van der Waals surface area contributed by atoms with Gasteiger partial charge in [0.15, 0.2) is 0 Å². The van der Waals surface area contributed by atoms with Crippen LogP contribution in [0.1, 0.15) is 0 Å². The highest BCUT2D eigenvalue weighted by molar-refractivity contribution is 6.45. The average Bonchev–Trinajstić information content (AvgIpc) is 2.56. The van der Waals surface area contributed by atoms with Gasteiger partial charge in [0, 0.05) is 24.8 Å². The summed E-state index contributed by atoms with van der Waals surface area (Å²) in [6, 6.07) is 7.18. The molecular formula is C12H12Cl2N2O. The third-order valence-corrected chi connectivity index (χ3v) is 3.27. The van der Waals surface area contributed by atoms with Crippen LogP contribution in [0.2, 0.25) is 5.02 Å². The number of nitrogens with zero attached hydrogens (tertiary/aromatic N) is 2. The molecule has 1 aliphatic rings. The first-order chi connectivity index (χ1) is 8.00. The highest BCUT2D eigenvalue weighted by atomic mass is 35.5. The molecule has 0 atom stereocenters. The van der Waals surface area contributed by atoms with Gasteiger partial charge in [-0.1, -0.05) is 29.3 Å². The monoisotopic (exact) mass is 270 g/mol. The van der Waals surface area contributed by atoms with Gasteiger partial charge in [-0.2, -0.15) is 0 Å². The van der Waals surface area contributed by atoms with Gasteiger partial charge in [0.1, 0.15) is 5.03 Å². The molecule has 0 unspecified atom stereocenters. The van der Waals surface area contributed by atoms with Crippen LogP contribution in [0.5, 0.6) is 0 Å². The first-order valence-electron chi connectivity index (χ1n) is 5.14. The van der Waals surface area contributed by atoms with Crippen LogP contribution in [-0.2, 0) is 4.79 Å². The third-order valence-electron chi connectivity index (χ3n) is 2.65. The van der Waals surface area contributed by atoms with Crippen molar-refractivity contribution < 1.29 is 4.79 Å². The van der Waals surface area contributed by atoms with Crippen molar-refractivity contribution in [2.24, 2.45) is 0 Å². The van der Waals surface area contributed by atoms with Gasteiger partial charge in [0.05, 0.1) is 12.2 Å². The zero-order valence-corrected chi connectivity index (χ0v) is 11.1. The van der Waals surface area contributed by atoms with Gasteiger partial charge in [-0.3, -0.25) is 4.79 Å². The Morgan fingerprint density at radius 2 is 2.00 bits per heavy atom. The molecule has 1 aromatic carbocycles. The van der Waals surface area contributed by atoms with E-state index in [1.165, 1.54) is 0 Å². The van der Waals surface area contributed by atoms with Crippen LogP contribution >= 0.6 is 23.2 Å². The molecule has 0 saturated carbocycles. The Hall–Kier alpha value is -1.19. The second-order valence-corrected chi connectivity index (χ2v) is 4.84. The average molecular weight is 271 g/mol. The zero-order chi connectivity index (χ0) is 12.6. The Kier molecular flexibility index (Phi) is 3.31. The third kappa shape index (κ3) is 2.26. The van der Waals surface area contributed by atoms with Crippen LogP contribution in [-0.4, -0.2) is 31.4 Å². The molecule has 0 radical (unpaired) electrons. The lowest BCUT2D eigenvalue weighted by Gasteiger charge is -2.19. The van der Waals surface area contributed by atoms with Gasteiger partial charge in [-0.15, -0.1) is 0 Å². The van der Waals surface area contributed by atoms with E-state index in [-0.39, 0.29) is 10.9 Å². The van der Waals surface area contributed by atoms with Gasteiger partial charge in [-0.25, -0.2) is 0 Å². The van der Waals surface area contributed by atoms with Crippen molar-refractivity contribution in [1.29, 1.82) is 0 Å². The molecule has 17 heavy (non-hydrogen) atoms. The maximum Gasteiger partial charge on any atom is 0.271 e. The molecule has 1 aliphatic heterocycles. The molecule has 2 rings (SSSR count). The number of amides is 1. The number of carbonyl (C=O) groups excluding carboxylic acids is 1. The largest absolute Gasteiger partial charge is 0.378 e. The zero-order valence-electron chi connectivity index (χ0n) is 9.58. The minimum absolute atomic E-state index is 0.183. The minimum atomic E-state index is -0.183. The fourth-order valence-corrected chi connectivity index (χ4v) is 2.24. The molecule has 0 spiro atoms. The first kappa shape index (κ1) is 12.3. The summed E-state index contributed by atoms with van der Waals surface area (Å²) in [4.78, 5) is 15.5. The Balaban J connectivity index is 2.31. The number of benzene rings is 1. The van der Waals surface area contributed by atoms with E-state index in [9.17, 15) is 4.79 Å². The van der Waals surface area contributed by atoms with E-state index in [1.54, 1.807) is 17.0 Å². The maximum atomic E-state index is 12.0. The van der Waals surface area contributed by atoms with Crippen molar-refractivity contribution in [3.05, 3.63) is 40.0 Å². The van der Waals surface area contributed by atoms with Gasteiger partial charge in [0.2, 0.25) is 0 Å². The van der Waals surface area contributed by atoms with Crippen molar-refractivity contribution in [3.63, 3.8) is 0 Å². The predicted octanol–water partition coefficient (Wildman–Crippen LogP) is 2.70. The van der Waals surface area contributed by atoms with E-state index in [0.29, 0.717) is 11.6 Å². The number of anilines is 1. The van der Waals surface area contributed by atoms with Gasteiger partial charge in [0.25, 0.3) is 5.91 Å². The summed E-state index contributed by atoms with van der Waals surface area (Å²) in [5.41, 5.74) is 1.58. The van der Waals surface area contributed by atoms with Crippen molar-refractivity contribution in [2.75, 3.05) is 25.5 Å². The van der Waals surface area contributed by atoms with E-state index < -0.39 is 0 Å². The van der Waals surface area contributed by atoms with E-state index >= 15 is 0 Å². The lowest BCUT2D eigenvalue weighted by Crippen LogP contribution is -2.27. The van der Waals surface area contributed by atoms with Crippen molar-refractivity contribution in [2.45, 2.75) is 0 Å². The molecule has 1 amide bonds. The molecule has 0 aromatic heterocycles. The number of hydrogen-bond donors (Lipinski definition) is 0. The molecule has 3 nitrogen and oxygen atoms in total. The van der Waals surface area contributed by atoms with Crippen LogP contribution in [0.4, 0.5) is 5.69 Å². The molecule has 0 aliphatic carbocycles.